The van der Waals surface area contributed by atoms with Gasteiger partial charge in [-0.1, -0.05) is 11.6 Å². The van der Waals surface area contributed by atoms with Gasteiger partial charge in [0, 0.05) is 0 Å². The maximum Gasteiger partial charge on any atom is 0.320 e. The molecule has 86 valence electrons. The smallest absolute Gasteiger partial charge is 0.320 e. The lowest BCUT2D eigenvalue weighted by Crippen LogP contribution is -2.27. The second-order valence-electron chi connectivity index (χ2n) is 4.22. The van der Waals surface area contributed by atoms with Crippen molar-refractivity contribution in [2.45, 2.75) is 45.6 Å². The number of carbonyl (C=O) groups is 1. The molecule has 0 aromatic carbocycles. The quantitative estimate of drug-likeness (QED) is 0.415. The van der Waals surface area contributed by atoms with Crippen molar-refractivity contribution in [1.29, 1.82) is 0 Å². The molecule has 0 saturated heterocycles. The molecule has 3 heteroatoms. The van der Waals surface area contributed by atoms with Crippen molar-refractivity contribution in [1.82, 2.24) is 5.32 Å². The lowest BCUT2D eigenvalue weighted by atomic mass is 10.2. The molecule has 0 aliphatic heterocycles. The molecular formula is C12H21NO2. The molecule has 0 bridgehead atoms. The van der Waals surface area contributed by atoms with Crippen LogP contribution < -0.4 is 5.32 Å². The maximum absolute atomic E-state index is 11.2. The van der Waals surface area contributed by atoms with Gasteiger partial charge in [0.1, 0.15) is 0 Å². The van der Waals surface area contributed by atoms with Gasteiger partial charge >= 0.3 is 5.97 Å². The second kappa shape index (κ2) is 6.62. The van der Waals surface area contributed by atoms with Gasteiger partial charge in [-0.3, -0.25) is 4.79 Å². The number of ether oxygens (including phenoxy) is 1. The number of hydrogen-bond acceptors (Lipinski definition) is 3. The highest BCUT2D eigenvalue weighted by Crippen LogP contribution is 2.19. The molecule has 1 N–H and O–H groups in total. The molecule has 15 heavy (non-hydrogen) atoms. The van der Waals surface area contributed by atoms with Crippen molar-refractivity contribution in [3.05, 3.63) is 11.6 Å². The normalized spacial score (nSPS) is 15.5. The van der Waals surface area contributed by atoms with E-state index in [1.165, 1.54) is 24.8 Å². The zero-order valence-electron chi connectivity index (χ0n) is 9.71. The van der Waals surface area contributed by atoms with E-state index in [4.69, 9.17) is 4.74 Å². The molecule has 0 amide bonds. The molecule has 1 aliphatic rings. The van der Waals surface area contributed by atoms with Crippen LogP contribution in [0.2, 0.25) is 0 Å². The van der Waals surface area contributed by atoms with Gasteiger partial charge in [-0.2, -0.15) is 0 Å². The van der Waals surface area contributed by atoms with Crippen molar-refractivity contribution >= 4 is 5.97 Å². The molecule has 0 aromatic heterocycles. The van der Waals surface area contributed by atoms with Crippen LogP contribution in [0.1, 0.15) is 39.5 Å². The Balaban J connectivity index is 1.98. The van der Waals surface area contributed by atoms with Gasteiger partial charge in [0.05, 0.1) is 12.6 Å². The summed E-state index contributed by atoms with van der Waals surface area (Å²) in [6.07, 6.45) is 7.12. The summed E-state index contributed by atoms with van der Waals surface area (Å²) < 4.78 is 5.01. The van der Waals surface area contributed by atoms with Gasteiger partial charge < -0.3 is 10.1 Å². The van der Waals surface area contributed by atoms with Crippen LogP contribution >= 0.6 is 0 Å². The van der Waals surface area contributed by atoms with E-state index in [1.807, 2.05) is 13.8 Å². The largest absolute Gasteiger partial charge is 0.462 e. The van der Waals surface area contributed by atoms with Gasteiger partial charge in [-0.05, 0) is 46.1 Å². The minimum atomic E-state index is -0.162. The van der Waals surface area contributed by atoms with E-state index in [1.54, 1.807) is 0 Å². The van der Waals surface area contributed by atoms with Crippen LogP contribution in [-0.2, 0) is 9.53 Å². The lowest BCUT2D eigenvalue weighted by molar-refractivity contribution is -0.146. The summed E-state index contributed by atoms with van der Waals surface area (Å²) in [5.74, 6) is -0.162. The highest BCUT2D eigenvalue weighted by Gasteiger charge is 2.06. The van der Waals surface area contributed by atoms with Crippen molar-refractivity contribution in [3.8, 4) is 0 Å². The van der Waals surface area contributed by atoms with Gasteiger partial charge in [-0.25, -0.2) is 0 Å². The molecule has 0 aromatic rings. The molecular weight excluding hydrogens is 190 g/mol. The summed E-state index contributed by atoms with van der Waals surface area (Å²) in [4.78, 5) is 11.2. The summed E-state index contributed by atoms with van der Waals surface area (Å²) in [5.41, 5.74) is 1.53. The summed E-state index contributed by atoms with van der Waals surface area (Å²) in [6, 6.07) is 0. The zero-order valence-corrected chi connectivity index (χ0v) is 9.71. The van der Waals surface area contributed by atoms with Crippen LogP contribution in [-0.4, -0.2) is 25.2 Å². The Bertz CT molecular complexity index is 234. The third-order valence-corrected chi connectivity index (χ3v) is 2.39. The number of carbonyl (C=O) groups excluding carboxylic acids is 1. The molecule has 1 rings (SSSR count). The van der Waals surface area contributed by atoms with Gasteiger partial charge in [-0.15, -0.1) is 0 Å². The standard InChI is InChI=1S/C12H21NO2/c1-10(2)15-12(14)9-13-8-7-11-5-3-4-6-11/h5,10,13H,3-4,6-9H2,1-2H3. The number of nitrogens with one attached hydrogen (secondary N) is 1. The third kappa shape index (κ3) is 5.57. The van der Waals surface area contributed by atoms with E-state index in [0.717, 1.165) is 13.0 Å². The fourth-order valence-corrected chi connectivity index (χ4v) is 1.71. The predicted molar refractivity (Wildman–Crippen MR) is 60.6 cm³/mol. The summed E-state index contributed by atoms with van der Waals surface area (Å²) >= 11 is 0. The SMILES string of the molecule is CC(C)OC(=O)CNCCC1=CCCC1. The lowest BCUT2D eigenvalue weighted by Gasteiger charge is -2.08. The van der Waals surface area contributed by atoms with E-state index < -0.39 is 0 Å². The molecule has 3 nitrogen and oxygen atoms in total. The van der Waals surface area contributed by atoms with E-state index >= 15 is 0 Å². The molecule has 0 fully saturated rings. The first-order valence-electron chi connectivity index (χ1n) is 5.76. The minimum Gasteiger partial charge on any atom is -0.462 e. The van der Waals surface area contributed by atoms with Crippen LogP contribution in [0.25, 0.3) is 0 Å². The van der Waals surface area contributed by atoms with E-state index in [0.29, 0.717) is 6.54 Å². The zero-order chi connectivity index (χ0) is 11.1. The number of hydrogen-bond donors (Lipinski definition) is 1. The molecule has 0 unspecified atom stereocenters. The van der Waals surface area contributed by atoms with E-state index in [9.17, 15) is 4.79 Å². The molecule has 0 radical (unpaired) electrons. The Morgan fingerprint density at radius 2 is 2.40 bits per heavy atom. The summed E-state index contributed by atoms with van der Waals surface area (Å²) in [7, 11) is 0. The topological polar surface area (TPSA) is 38.3 Å². The fraction of sp³-hybridized carbons (Fsp3) is 0.750. The highest BCUT2D eigenvalue weighted by molar-refractivity contribution is 5.71. The molecule has 1 aliphatic carbocycles. The average molecular weight is 211 g/mol. The maximum atomic E-state index is 11.2. The number of allylic oxidation sites excluding steroid dienone is 1. The molecule has 0 atom stereocenters. The first kappa shape index (κ1) is 12.2. The Labute approximate surface area is 91.9 Å². The Kier molecular flexibility index (Phi) is 5.40. The number of esters is 1. The van der Waals surface area contributed by atoms with Crippen molar-refractivity contribution in [2.75, 3.05) is 13.1 Å². The first-order valence-corrected chi connectivity index (χ1v) is 5.76. The predicted octanol–water partition coefficient (Wildman–Crippen LogP) is 2.03. The highest BCUT2D eigenvalue weighted by atomic mass is 16.5. The second-order valence-corrected chi connectivity index (χ2v) is 4.22. The summed E-state index contributed by atoms with van der Waals surface area (Å²) in [6.45, 7) is 4.92. The van der Waals surface area contributed by atoms with Crippen molar-refractivity contribution in [2.24, 2.45) is 0 Å². The Morgan fingerprint density at radius 1 is 1.60 bits per heavy atom. The van der Waals surface area contributed by atoms with Crippen LogP contribution in [0.15, 0.2) is 11.6 Å². The number of rotatable bonds is 6. The van der Waals surface area contributed by atoms with Crippen LogP contribution in [0, 0.1) is 0 Å². The summed E-state index contributed by atoms with van der Waals surface area (Å²) in [5, 5.41) is 3.10. The van der Waals surface area contributed by atoms with Crippen LogP contribution in [0.4, 0.5) is 0 Å². The fourth-order valence-electron chi connectivity index (χ4n) is 1.71. The van der Waals surface area contributed by atoms with Crippen LogP contribution in [0.5, 0.6) is 0 Å². The monoisotopic (exact) mass is 211 g/mol. The van der Waals surface area contributed by atoms with E-state index in [2.05, 4.69) is 11.4 Å². The van der Waals surface area contributed by atoms with Crippen LogP contribution in [0.3, 0.4) is 0 Å². The van der Waals surface area contributed by atoms with Gasteiger partial charge in [0.25, 0.3) is 0 Å². The van der Waals surface area contributed by atoms with Gasteiger partial charge in [0.2, 0.25) is 0 Å². The molecule has 0 saturated carbocycles. The first-order chi connectivity index (χ1) is 7.18. The molecule has 0 spiro atoms. The third-order valence-electron chi connectivity index (χ3n) is 2.39. The van der Waals surface area contributed by atoms with E-state index in [-0.39, 0.29) is 12.1 Å². The Hall–Kier alpha value is -0.830. The average Bonchev–Trinajstić information content (AvgIpc) is 2.63. The van der Waals surface area contributed by atoms with Crippen molar-refractivity contribution in [3.63, 3.8) is 0 Å². The van der Waals surface area contributed by atoms with Crippen molar-refractivity contribution < 1.29 is 9.53 Å². The molecule has 0 heterocycles. The Morgan fingerprint density at radius 3 is 3.00 bits per heavy atom. The van der Waals surface area contributed by atoms with Gasteiger partial charge in [0.15, 0.2) is 0 Å². The minimum absolute atomic E-state index is 0.0168.